The number of rotatable bonds is 1. The second-order valence-corrected chi connectivity index (χ2v) is 2.96. The maximum Gasteiger partial charge on any atom is 0.0332 e. The molecule has 3 N–H and O–H groups in total. The minimum Gasteiger partial charge on any atom is -0.399 e. The van der Waals surface area contributed by atoms with Gasteiger partial charge in [0.15, 0.2) is 0 Å². The molecule has 2 rings (SSSR count). The molecule has 0 radical (unpaired) electrons. The predicted octanol–water partition coefficient (Wildman–Crippen LogP) is 1.30. The van der Waals surface area contributed by atoms with Crippen LogP contribution in [0, 0.1) is 0 Å². The molecule has 0 aliphatic carbocycles. The average molecular weight is 148 g/mol. The summed E-state index contributed by atoms with van der Waals surface area (Å²) in [5.74, 6) is 0. The van der Waals surface area contributed by atoms with Crippen LogP contribution in [0.3, 0.4) is 0 Å². The van der Waals surface area contributed by atoms with E-state index < -0.39 is 0 Å². The number of anilines is 1. The van der Waals surface area contributed by atoms with E-state index >= 15 is 0 Å². The lowest BCUT2D eigenvalue weighted by Gasteiger charge is -2.27. The highest BCUT2D eigenvalue weighted by atomic mass is 15.0. The van der Waals surface area contributed by atoms with Crippen molar-refractivity contribution < 1.29 is 0 Å². The number of benzene rings is 1. The molecule has 1 saturated heterocycles. The fourth-order valence-corrected chi connectivity index (χ4v) is 1.30. The molecular formula is C9H12N2. The quantitative estimate of drug-likeness (QED) is 0.589. The van der Waals surface area contributed by atoms with Gasteiger partial charge in [-0.05, 0) is 30.7 Å². The van der Waals surface area contributed by atoms with E-state index in [9.17, 15) is 0 Å². The number of nitrogen functional groups attached to an aromatic ring is 1. The Kier molecular flexibility index (Phi) is 1.55. The van der Waals surface area contributed by atoms with Crippen molar-refractivity contribution in [3.05, 3.63) is 29.8 Å². The van der Waals surface area contributed by atoms with E-state index in [1.807, 2.05) is 12.1 Å². The Morgan fingerprint density at radius 2 is 1.91 bits per heavy atom. The third-order valence-electron chi connectivity index (χ3n) is 2.16. The molecule has 0 bridgehead atoms. The normalized spacial score (nSPS) is 22.7. The number of nitrogens with one attached hydrogen (secondary N) is 1. The van der Waals surface area contributed by atoms with Crippen molar-refractivity contribution in [1.82, 2.24) is 5.32 Å². The van der Waals surface area contributed by atoms with Crippen molar-refractivity contribution in [1.29, 1.82) is 0 Å². The lowest BCUT2D eigenvalue weighted by atomic mass is 9.98. The van der Waals surface area contributed by atoms with Gasteiger partial charge in [-0.1, -0.05) is 12.1 Å². The molecule has 1 aliphatic rings. The Morgan fingerprint density at radius 3 is 2.36 bits per heavy atom. The summed E-state index contributed by atoms with van der Waals surface area (Å²) >= 11 is 0. The standard InChI is InChI=1S/C9H12N2/c10-8-3-1-7(2-4-8)9-5-6-11-9/h1-4,9,11H,5-6,10H2. The van der Waals surface area contributed by atoms with Crippen LogP contribution in [-0.4, -0.2) is 6.54 Å². The van der Waals surface area contributed by atoms with Crippen LogP contribution in [0.2, 0.25) is 0 Å². The first-order valence-corrected chi connectivity index (χ1v) is 3.95. The third-order valence-corrected chi connectivity index (χ3v) is 2.16. The van der Waals surface area contributed by atoms with Crippen LogP contribution < -0.4 is 11.1 Å². The SMILES string of the molecule is Nc1ccc(C2CCN2)cc1. The summed E-state index contributed by atoms with van der Waals surface area (Å²) in [4.78, 5) is 0. The summed E-state index contributed by atoms with van der Waals surface area (Å²) in [7, 11) is 0. The molecule has 0 saturated carbocycles. The molecule has 0 aromatic heterocycles. The summed E-state index contributed by atoms with van der Waals surface area (Å²) in [5.41, 5.74) is 7.76. The highest BCUT2D eigenvalue weighted by Crippen LogP contribution is 2.22. The van der Waals surface area contributed by atoms with Crippen LogP contribution in [0.4, 0.5) is 5.69 Å². The molecule has 2 nitrogen and oxygen atoms in total. The summed E-state index contributed by atoms with van der Waals surface area (Å²) < 4.78 is 0. The first kappa shape index (κ1) is 6.68. The largest absolute Gasteiger partial charge is 0.399 e. The zero-order valence-electron chi connectivity index (χ0n) is 6.38. The Morgan fingerprint density at radius 1 is 1.27 bits per heavy atom. The molecule has 1 unspecified atom stereocenters. The van der Waals surface area contributed by atoms with Crippen molar-refractivity contribution in [3.63, 3.8) is 0 Å². The third kappa shape index (κ3) is 1.21. The van der Waals surface area contributed by atoms with Crippen LogP contribution in [-0.2, 0) is 0 Å². The first-order chi connectivity index (χ1) is 5.36. The second kappa shape index (κ2) is 2.55. The van der Waals surface area contributed by atoms with E-state index in [-0.39, 0.29) is 0 Å². The van der Waals surface area contributed by atoms with Crippen LogP contribution in [0.15, 0.2) is 24.3 Å². The lowest BCUT2D eigenvalue weighted by Crippen LogP contribution is -2.34. The molecule has 1 aromatic carbocycles. The van der Waals surface area contributed by atoms with Gasteiger partial charge in [0.25, 0.3) is 0 Å². The van der Waals surface area contributed by atoms with Gasteiger partial charge in [0.05, 0.1) is 0 Å². The molecule has 1 aliphatic heterocycles. The fourth-order valence-electron chi connectivity index (χ4n) is 1.30. The maximum atomic E-state index is 5.57. The molecule has 0 amide bonds. The molecule has 1 fully saturated rings. The maximum absolute atomic E-state index is 5.57. The molecule has 1 atom stereocenters. The van der Waals surface area contributed by atoms with Crippen LogP contribution in [0.25, 0.3) is 0 Å². The van der Waals surface area contributed by atoms with Gasteiger partial charge in [0, 0.05) is 11.7 Å². The van der Waals surface area contributed by atoms with Crippen molar-refractivity contribution in [2.75, 3.05) is 12.3 Å². The van der Waals surface area contributed by atoms with Crippen molar-refractivity contribution in [2.45, 2.75) is 12.5 Å². The van der Waals surface area contributed by atoms with E-state index in [2.05, 4.69) is 17.4 Å². The summed E-state index contributed by atoms with van der Waals surface area (Å²) in [6.45, 7) is 1.15. The van der Waals surface area contributed by atoms with E-state index in [0.29, 0.717) is 6.04 Å². The lowest BCUT2D eigenvalue weighted by molar-refractivity contribution is 0.383. The number of nitrogens with two attached hydrogens (primary N) is 1. The van der Waals surface area contributed by atoms with Gasteiger partial charge >= 0.3 is 0 Å². The van der Waals surface area contributed by atoms with Crippen molar-refractivity contribution >= 4 is 5.69 Å². The molecule has 0 spiro atoms. The molecule has 2 heteroatoms. The summed E-state index contributed by atoms with van der Waals surface area (Å²) in [6.07, 6.45) is 1.25. The Labute approximate surface area is 66.4 Å². The van der Waals surface area contributed by atoms with Gasteiger partial charge in [0.2, 0.25) is 0 Å². The second-order valence-electron chi connectivity index (χ2n) is 2.96. The monoisotopic (exact) mass is 148 g/mol. The van der Waals surface area contributed by atoms with Gasteiger partial charge in [0.1, 0.15) is 0 Å². The van der Waals surface area contributed by atoms with Gasteiger partial charge in [-0.15, -0.1) is 0 Å². The Hall–Kier alpha value is -1.02. The minimum atomic E-state index is 0.579. The first-order valence-electron chi connectivity index (χ1n) is 3.95. The van der Waals surface area contributed by atoms with Gasteiger partial charge in [-0.2, -0.15) is 0 Å². The molecular weight excluding hydrogens is 136 g/mol. The van der Waals surface area contributed by atoms with Gasteiger partial charge < -0.3 is 11.1 Å². The van der Waals surface area contributed by atoms with E-state index in [0.717, 1.165) is 12.2 Å². The summed E-state index contributed by atoms with van der Waals surface area (Å²) in [5, 5.41) is 3.34. The number of hydrogen-bond acceptors (Lipinski definition) is 2. The predicted molar refractivity (Wildman–Crippen MR) is 46.2 cm³/mol. The Bertz CT molecular complexity index is 236. The van der Waals surface area contributed by atoms with E-state index in [1.54, 1.807) is 0 Å². The van der Waals surface area contributed by atoms with Gasteiger partial charge in [-0.25, -0.2) is 0 Å². The van der Waals surface area contributed by atoms with Crippen molar-refractivity contribution in [3.8, 4) is 0 Å². The van der Waals surface area contributed by atoms with Crippen molar-refractivity contribution in [2.24, 2.45) is 0 Å². The average Bonchev–Trinajstić information content (AvgIpc) is 1.90. The number of hydrogen-bond donors (Lipinski definition) is 2. The van der Waals surface area contributed by atoms with E-state index in [4.69, 9.17) is 5.73 Å². The van der Waals surface area contributed by atoms with Crippen LogP contribution >= 0.6 is 0 Å². The topological polar surface area (TPSA) is 38.0 Å². The zero-order chi connectivity index (χ0) is 7.68. The highest BCUT2D eigenvalue weighted by Gasteiger charge is 2.17. The van der Waals surface area contributed by atoms with Gasteiger partial charge in [-0.3, -0.25) is 0 Å². The fraction of sp³-hybridized carbons (Fsp3) is 0.333. The van der Waals surface area contributed by atoms with Crippen LogP contribution in [0.1, 0.15) is 18.0 Å². The smallest absolute Gasteiger partial charge is 0.0332 e. The summed E-state index contributed by atoms with van der Waals surface area (Å²) in [6, 6.07) is 8.67. The molecule has 11 heavy (non-hydrogen) atoms. The Balaban J connectivity index is 2.18. The van der Waals surface area contributed by atoms with Crippen LogP contribution in [0.5, 0.6) is 0 Å². The molecule has 1 heterocycles. The van der Waals surface area contributed by atoms with E-state index in [1.165, 1.54) is 12.0 Å². The zero-order valence-corrected chi connectivity index (χ0v) is 6.38. The molecule has 1 aromatic rings. The highest BCUT2D eigenvalue weighted by molar-refractivity contribution is 5.40. The molecule has 58 valence electrons. The minimum absolute atomic E-state index is 0.579.